The van der Waals surface area contributed by atoms with Crippen molar-refractivity contribution in [1.29, 1.82) is 0 Å². The van der Waals surface area contributed by atoms with Crippen LogP contribution in [0.3, 0.4) is 0 Å². The van der Waals surface area contributed by atoms with Gasteiger partial charge in [-0.05, 0) is 71.2 Å². The third-order valence-corrected chi connectivity index (χ3v) is 4.30. The molecule has 0 heterocycles. The van der Waals surface area contributed by atoms with E-state index in [4.69, 9.17) is 0 Å². The summed E-state index contributed by atoms with van der Waals surface area (Å²) in [6.45, 7) is 1.88. The molecule has 20 heavy (non-hydrogen) atoms. The topological polar surface area (TPSA) is 12.0 Å². The zero-order chi connectivity index (χ0) is 14.7. The molecule has 0 aliphatic heterocycles. The average Bonchev–Trinajstić information content (AvgIpc) is 2.41. The number of likely N-dealkylation sites (N-methyl/N-ethyl adjacent to an activating group) is 1. The van der Waals surface area contributed by atoms with E-state index in [-0.39, 0.29) is 17.7 Å². The average molecular weight is 340 g/mol. The zero-order valence-corrected chi connectivity index (χ0v) is 13.0. The van der Waals surface area contributed by atoms with Gasteiger partial charge in [-0.15, -0.1) is 0 Å². The van der Waals surface area contributed by atoms with Gasteiger partial charge in [0, 0.05) is 6.04 Å². The highest BCUT2D eigenvalue weighted by atomic mass is 79.9. The normalized spacial score (nSPS) is 12.4. The summed E-state index contributed by atoms with van der Waals surface area (Å²) in [7, 11) is 1.85. The summed E-state index contributed by atoms with van der Waals surface area (Å²) >= 11 is 3.28. The molecule has 0 amide bonds. The zero-order valence-electron chi connectivity index (χ0n) is 11.4. The van der Waals surface area contributed by atoms with E-state index >= 15 is 0 Å². The van der Waals surface area contributed by atoms with Gasteiger partial charge in [0.15, 0.2) is 0 Å². The Labute approximate surface area is 126 Å². The van der Waals surface area contributed by atoms with Gasteiger partial charge < -0.3 is 5.32 Å². The van der Waals surface area contributed by atoms with Gasteiger partial charge in [-0.3, -0.25) is 0 Å². The Morgan fingerprint density at radius 3 is 2.60 bits per heavy atom. The van der Waals surface area contributed by atoms with Crippen LogP contribution in [0.2, 0.25) is 0 Å². The van der Waals surface area contributed by atoms with E-state index in [1.54, 1.807) is 12.1 Å². The predicted octanol–water partition coefficient (Wildman–Crippen LogP) is 4.54. The standard InChI is InChI=1S/C16H16BrF2N/c1-10-8-12(18)6-7-13(10)15(20-2)9-11-4-3-5-14(19)16(11)17/h3-8,15,20H,9H2,1-2H3. The molecule has 0 saturated carbocycles. The molecular weight excluding hydrogens is 324 g/mol. The molecule has 0 aliphatic carbocycles. The first-order chi connectivity index (χ1) is 9.52. The Morgan fingerprint density at radius 1 is 1.20 bits per heavy atom. The molecule has 0 radical (unpaired) electrons. The quantitative estimate of drug-likeness (QED) is 0.862. The Kier molecular flexibility index (Phi) is 4.89. The predicted molar refractivity (Wildman–Crippen MR) is 80.7 cm³/mol. The monoisotopic (exact) mass is 339 g/mol. The number of hydrogen-bond donors (Lipinski definition) is 1. The number of nitrogens with one attached hydrogen (secondary N) is 1. The van der Waals surface area contributed by atoms with Crippen LogP contribution in [0.25, 0.3) is 0 Å². The van der Waals surface area contributed by atoms with E-state index < -0.39 is 0 Å². The van der Waals surface area contributed by atoms with Crippen molar-refractivity contribution in [2.45, 2.75) is 19.4 Å². The van der Waals surface area contributed by atoms with Crippen LogP contribution >= 0.6 is 15.9 Å². The maximum Gasteiger partial charge on any atom is 0.137 e. The second-order valence-corrected chi connectivity index (χ2v) is 5.55. The van der Waals surface area contributed by atoms with Gasteiger partial charge in [0.1, 0.15) is 11.6 Å². The summed E-state index contributed by atoms with van der Waals surface area (Å²) in [6, 6.07) is 9.75. The summed E-state index contributed by atoms with van der Waals surface area (Å²) in [5, 5.41) is 3.21. The molecule has 0 fully saturated rings. The molecule has 4 heteroatoms. The second-order valence-electron chi connectivity index (χ2n) is 4.76. The lowest BCUT2D eigenvalue weighted by molar-refractivity contribution is 0.573. The number of aryl methyl sites for hydroxylation is 1. The van der Waals surface area contributed by atoms with E-state index in [9.17, 15) is 8.78 Å². The molecule has 0 saturated heterocycles. The Morgan fingerprint density at radius 2 is 1.95 bits per heavy atom. The van der Waals surface area contributed by atoms with Crippen LogP contribution < -0.4 is 5.32 Å². The maximum absolute atomic E-state index is 13.6. The van der Waals surface area contributed by atoms with E-state index in [0.29, 0.717) is 10.9 Å². The van der Waals surface area contributed by atoms with Crippen LogP contribution in [0.15, 0.2) is 40.9 Å². The van der Waals surface area contributed by atoms with Gasteiger partial charge in [-0.2, -0.15) is 0 Å². The lowest BCUT2D eigenvalue weighted by atomic mass is 9.95. The molecule has 106 valence electrons. The van der Waals surface area contributed by atoms with Crippen LogP contribution in [0.1, 0.15) is 22.7 Å². The lowest BCUT2D eigenvalue weighted by Gasteiger charge is -2.20. The minimum absolute atomic E-state index is 0.00806. The fraction of sp³-hybridized carbons (Fsp3) is 0.250. The minimum Gasteiger partial charge on any atom is -0.313 e. The molecule has 0 spiro atoms. The van der Waals surface area contributed by atoms with E-state index in [2.05, 4.69) is 21.2 Å². The third-order valence-electron chi connectivity index (χ3n) is 3.41. The molecule has 0 bridgehead atoms. The van der Waals surface area contributed by atoms with Gasteiger partial charge in [-0.25, -0.2) is 8.78 Å². The number of hydrogen-bond acceptors (Lipinski definition) is 1. The third kappa shape index (κ3) is 3.25. The smallest absolute Gasteiger partial charge is 0.137 e. The molecule has 1 unspecified atom stereocenters. The Balaban J connectivity index is 2.31. The van der Waals surface area contributed by atoms with Crippen molar-refractivity contribution in [3.05, 3.63) is 69.2 Å². The SMILES string of the molecule is CNC(Cc1cccc(F)c1Br)c1ccc(F)cc1C. The molecule has 0 aromatic heterocycles. The molecule has 2 aromatic carbocycles. The van der Waals surface area contributed by atoms with Crippen LogP contribution in [0.4, 0.5) is 8.78 Å². The molecular formula is C16H16BrF2N. The maximum atomic E-state index is 13.6. The van der Waals surface area contributed by atoms with E-state index in [1.165, 1.54) is 18.2 Å². The highest BCUT2D eigenvalue weighted by molar-refractivity contribution is 9.10. The van der Waals surface area contributed by atoms with Gasteiger partial charge in [-0.1, -0.05) is 18.2 Å². The highest BCUT2D eigenvalue weighted by Gasteiger charge is 2.15. The van der Waals surface area contributed by atoms with Crippen LogP contribution in [0, 0.1) is 18.6 Å². The molecule has 1 N–H and O–H groups in total. The van der Waals surface area contributed by atoms with Crippen LogP contribution in [-0.4, -0.2) is 7.05 Å². The molecule has 0 aliphatic rings. The fourth-order valence-corrected chi connectivity index (χ4v) is 2.75. The lowest BCUT2D eigenvalue weighted by Crippen LogP contribution is -2.20. The largest absolute Gasteiger partial charge is 0.313 e. The summed E-state index contributed by atoms with van der Waals surface area (Å²) in [5.74, 6) is -0.513. The van der Waals surface area contributed by atoms with E-state index in [1.807, 2.05) is 20.0 Å². The van der Waals surface area contributed by atoms with Crippen LogP contribution in [0.5, 0.6) is 0 Å². The van der Waals surface area contributed by atoms with Gasteiger partial charge in [0.2, 0.25) is 0 Å². The minimum atomic E-state index is -0.270. The summed E-state index contributed by atoms with van der Waals surface area (Å²) in [4.78, 5) is 0. The van der Waals surface area contributed by atoms with Crippen molar-refractivity contribution < 1.29 is 8.78 Å². The Hall–Kier alpha value is -1.26. The second kappa shape index (κ2) is 6.46. The van der Waals surface area contributed by atoms with Crippen molar-refractivity contribution in [3.8, 4) is 0 Å². The Bertz CT molecular complexity index is 613. The number of rotatable bonds is 4. The summed E-state index contributed by atoms with van der Waals surface area (Å²) < 4.78 is 27.2. The number of benzene rings is 2. The van der Waals surface area contributed by atoms with Crippen molar-refractivity contribution >= 4 is 15.9 Å². The van der Waals surface area contributed by atoms with Crippen molar-refractivity contribution in [3.63, 3.8) is 0 Å². The molecule has 2 rings (SSSR count). The van der Waals surface area contributed by atoms with Crippen LogP contribution in [-0.2, 0) is 6.42 Å². The fourth-order valence-electron chi connectivity index (χ4n) is 2.32. The van der Waals surface area contributed by atoms with Crippen molar-refractivity contribution in [2.24, 2.45) is 0 Å². The highest BCUT2D eigenvalue weighted by Crippen LogP contribution is 2.27. The first kappa shape index (κ1) is 15.1. The molecule has 1 atom stereocenters. The summed E-state index contributed by atoms with van der Waals surface area (Å²) in [5.41, 5.74) is 2.79. The first-order valence-electron chi connectivity index (χ1n) is 6.39. The summed E-state index contributed by atoms with van der Waals surface area (Å²) in [6.07, 6.45) is 0.626. The first-order valence-corrected chi connectivity index (χ1v) is 7.18. The van der Waals surface area contributed by atoms with Gasteiger partial charge in [0.25, 0.3) is 0 Å². The van der Waals surface area contributed by atoms with Gasteiger partial charge >= 0.3 is 0 Å². The molecule has 1 nitrogen and oxygen atoms in total. The molecule has 2 aromatic rings. The van der Waals surface area contributed by atoms with Crippen molar-refractivity contribution in [2.75, 3.05) is 7.05 Å². The number of halogens is 3. The van der Waals surface area contributed by atoms with Gasteiger partial charge in [0.05, 0.1) is 4.47 Å². The van der Waals surface area contributed by atoms with E-state index in [0.717, 1.165) is 16.7 Å². The van der Waals surface area contributed by atoms with Crippen molar-refractivity contribution in [1.82, 2.24) is 5.32 Å².